The van der Waals surface area contributed by atoms with Gasteiger partial charge >= 0.3 is 5.97 Å². The molecule has 0 radical (unpaired) electrons. The van der Waals surface area contributed by atoms with Gasteiger partial charge in [-0.15, -0.1) is 0 Å². The van der Waals surface area contributed by atoms with Crippen LogP contribution in [0.1, 0.15) is 41.6 Å². The molecule has 176 valence electrons. The summed E-state index contributed by atoms with van der Waals surface area (Å²) in [5, 5.41) is 14.1. The Labute approximate surface area is 192 Å². The Morgan fingerprint density at radius 1 is 1.00 bits per heavy atom. The van der Waals surface area contributed by atoms with Gasteiger partial charge < -0.3 is 31.9 Å². The summed E-state index contributed by atoms with van der Waals surface area (Å²) < 4.78 is 5.82. The zero-order chi connectivity index (χ0) is 24.1. The van der Waals surface area contributed by atoms with E-state index < -0.39 is 11.9 Å². The summed E-state index contributed by atoms with van der Waals surface area (Å²) >= 11 is 0. The van der Waals surface area contributed by atoms with Crippen LogP contribution in [0, 0.1) is 0 Å². The van der Waals surface area contributed by atoms with Crippen LogP contribution in [0.5, 0.6) is 5.75 Å². The quantitative estimate of drug-likeness (QED) is 0.174. The molecular formula is C23H29N5O5. The van der Waals surface area contributed by atoms with Crippen molar-refractivity contribution in [2.75, 3.05) is 18.4 Å². The predicted molar refractivity (Wildman–Crippen MR) is 125 cm³/mol. The number of hydrogen-bond donors (Lipinski definition) is 5. The summed E-state index contributed by atoms with van der Waals surface area (Å²) in [6.45, 7) is 0.667. The number of aliphatic imine (C=N–C) groups is 1. The standard InChI is InChI=1S/C23H29N5O5/c24-23(25)27-12-5-4-8-20(29)28-17-9-10-19(33-15-16-6-2-1-3-7-16)18(14-17)22(32)26-13-11-21(30)31/h1-3,6-7,9-10,14H,4-5,8,11-13,15H2,(H,26,32)(H,28,29)(H,30,31)(H4,24,25,27). The van der Waals surface area contributed by atoms with Crippen molar-refractivity contribution in [1.29, 1.82) is 0 Å². The second kappa shape index (κ2) is 13.4. The molecule has 2 aromatic carbocycles. The molecule has 0 aliphatic heterocycles. The summed E-state index contributed by atoms with van der Waals surface area (Å²) in [6, 6.07) is 14.2. The van der Waals surface area contributed by atoms with E-state index in [1.807, 2.05) is 30.3 Å². The van der Waals surface area contributed by atoms with Crippen LogP contribution in [-0.2, 0) is 16.2 Å². The highest BCUT2D eigenvalue weighted by Gasteiger charge is 2.15. The summed E-state index contributed by atoms with van der Waals surface area (Å²) in [7, 11) is 0. The molecule has 0 saturated heterocycles. The molecule has 33 heavy (non-hydrogen) atoms. The van der Waals surface area contributed by atoms with Gasteiger partial charge in [-0.2, -0.15) is 0 Å². The van der Waals surface area contributed by atoms with Gasteiger partial charge in [-0.3, -0.25) is 19.4 Å². The molecule has 0 heterocycles. The SMILES string of the molecule is NC(N)=NCCCCC(=O)Nc1ccc(OCc2ccccc2)c(C(=O)NCCC(=O)O)c1. The molecule has 10 nitrogen and oxygen atoms in total. The van der Waals surface area contributed by atoms with Gasteiger partial charge in [0.2, 0.25) is 5.91 Å². The largest absolute Gasteiger partial charge is 0.488 e. The number of anilines is 1. The molecule has 2 rings (SSSR count). The van der Waals surface area contributed by atoms with Gasteiger partial charge in [0.1, 0.15) is 12.4 Å². The molecule has 0 saturated carbocycles. The number of carboxylic acid groups (broad SMARTS) is 1. The van der Waals surface area contributed by atoms with Crippen molar-refractivity contribution >= 4 is 29.4 Å². The fourth-order valence-corrected chi connectivity index (χ4v) is 2.85. The van der Waals surface area contributed by atoms with E-state index in [0.717, 1.165) is 5.56 Å². The van der Waals surface area contributed by atoms with Gasteiger partial charge in [0.25, 0.3) is 5.91 Å². The van der Waals surface area contributed by atoms with E-state index >= 15 is 0 Å². The van der Waals surface area contributed by atoms with E-state index in [0.29, 0.717) is 30.8 Å². The van der Waals surface area contributed by atoms with Crippen molar-refractivity contribution < 1.29 is 24.2 Å². The summed E-state index contributed by atoms with van der Waals surface area (Å²) in [5.41, 5.74) is 12.1. The number of carboxylic acids is 1. The number of hydrogen-bond acceptors (Lipinski definition) is 5. The third-order valence-corrected chi connectivity index (χ3v) is 4.48. The van der Waals surface area contributed by atoms with Crippen LogP contribution in [0.25, 0.3) is 0 Å². The zero-order valence-corrected chi connectivity index (χ0v) is 18.3. The number of amides is 2. The second-order valence-electron chi connectivity index (χ2n) is 7.20. The molecule has 0 aliphatic rings. The van der Waals surface area contributed by atoms with Crippen LogP contribution in [-0.4, -0.2) is 41.9 Å². The van der Waals surface area contributed by atoms with Gasteiger partial charge in [-0.1, -0.05) is 30.3 Å². The van der Waals surface area contributed by atoms with Gasteiger partial charge in [-0.05, 0) is 36.6 Å². The van der Waals surface area contributed by atoms with Crippen LogP contribution < -0.4 is 26.8 Å². The summed E-state index contributed by atoms with van der Waals surface area (Å²) in [6.07, 6.45) is 1.33. The first-order valence-corrected chi connectivity index (χ1v) is 10.5. The number of nitrogens with two attached hydrogens (primary N) is 2. The van der Waals surface area contributed by atoms with Crippen LogP contribution in [0.2, 0.25) is 0 Å². The average molecular weight is 456 g/mol. The molecule has 2 amide bonds. The number of aliphatic carboxylic acids is 1. The number of nitrogens with zero attached hydrogens (tertiary/aromatic N) is 1. The number of benzene rings is 2. The van der Waals surface area contributed by atoms with Crippen molar-refractivity contribution in [3.63, 3.8) is 0 Å². The number of ether oxygens (including phenoxy) is 1. The molecule has 7 N–H and O–H groups in total. The number of rotatable bonds is 13. The molecule has 10 heteroatoms. The van der Waals surface area contributed by atoms with Crippen LogP contribution >= 0.6 is 0 Å². The van der Waals surface area contributed by atoms with Gasteiger partial charge in [-0.25, -0.2) is 0 Å². The molecule has 0 spiro atoms. The topological polar surface area (TPSA) is 169 Å². The molecule has 0 atom stereocenters. The highest BCUT2D eigenvalue weighted by atomic mass is 16.5. The molecular weight excluding hydrogens is 426 g/mol. The summed E-state index contributed by atoms with van der Waals surface area (Å²) in [4.78, 5) is 39.5. The van der Waals surface area contributed by atoms with E-state index in [4.69, 9.17) is 21.3 Å². The van der Waals surface area contributed by atoms with Crippen molar-refractivity contribution in [3.8, 4) is 5.75 Å². The van der Waals surface area contributed by atoms with Crippen molar-refractivity contribution in [3.05, 3.63) is 59.7 Å². The van der Waals surface area contributed by atoms with Crippen LogP contribution in [0.3, 0.4) is 0 Å². The first kappa shape index (κ1) is 25.2. The van der Waals surface area contributed by atoms with Gasteiger partial charge in [0.05, 0.1) is 12.0 Å². The Balaban J connectivity index is 2.04. The van der Waals surface area contributed by atoms with E-state index in [2.05, 4.69) is 15.6 Å². The smallest absolute Gasteiger partial charge is 0.305 e. The highest BCUT2D eigenvalue weighted by Crippen LogP contribution is 2.24. The van der Waals surface area contributed by atoms with Crippen molar-refractivity contribution in [2.45, 2.75) is 32.3 Å². The predicted octanol–water partition coefficient (Wildman–Crippen LogP) is 1.85. The first-order valence-electron chi connectivity index (χ1n) is 10.5. The van der Waals surface area contributed by atoms with E-state index in [9.17, 15) is 14.4 Å². The number of unbranched alkanes of at least 4 members (excludes halogenated alkanes) is 1. The molecule has 0 bridgehead atoms. The minimum absolute atomic E-state index is 0.0168. The number of carbonyl (C=O) groups excluding carboxylic acids is 2. The molecule has 2 aromatic rings. The molecule has 0 aromatic heterocycles. The minimum atomic E-state index is -1.02. The fourth-order valence-electron chi connectivity index (χ4n) is 2.85. The Morgan fingerprint density at radius 2 is 1.76 bits per heavy atom. The fraction of sp³-hybridized carbons (Fsp3) is 0.304. The second-order valence-corrected chi connectivity index (χ2v) is 7.20. The average Bonchev–Trinajstić information content (AvgIpc) is 2.78. The lowest BCUT2D eigenvalue weighted by molar-refractivity contribution is -0.136. The molecule has 0 fully saturated rings. The Hall–Kier alpha value is -4.08. The van der Waals surface area contributed by atoms with E-state index in [1.165, 1.54) is 6.07 Å². The van der Waals surface area contributed by atoms with Crippen LogP contribution in [0.4, 0.5) is 5.69 Å². The van der Waals surface area contributed by atoms with Gasteiger partial charge in [0, 0.05) is 25.2 Å². The Kier molecular flexibility index (Phi) is 10.2. The lowest BCUT2D eigenvalue weighted by atomic mass is 10.1. The number of carbonyl (C=O) groups is 3. The maximum atomic E-state index is 12.7. The minimum Gasteiger partial charge on any atom is -0.488 e. The van der Waals surface area contributed by atoms with Crippen LogP contribution in [0.15, 0.2) is 53.5 Å². The van der Waals surface area contributed by atoms with Crippen molar-refractivity contribution in [1.82, 2.24) is 5.32 Å². The van der Waals surface area contributed by atoms with Crippen molar-refractivity contribution in [2.24, 2.45) is 16.5 Å². The van der Waals surface area contributed by atoms with Gasteiger partial charge in [0.15, 0.2) is 5.96 Å². The monoisotopic (exact) mass is 455 g/mol. The number of nitrogens with one attached hydrogen (secondary N) is 2. The normalized spacial score (nSPS) is 10.2. The maximum Gasteiger partial charge on any atom is 0.305 e. The van der Waals surface area contributed by atoms with E-state index in [1.54, 1.807) is 12.1 Å². The lowest BCUT2D eigenvalue weighted by Crippen LogP contribution is -2.26. The number of guanidine groups is 1. The first-order chi connectivity index (χ1) is 15.8. The lowest BCUT2D eigenvalue weighted by Gasteiger charge is -2.14. The Bertz CT molecular complexity index is 974. The third kappa shape index (κ3) is 9.72. The zero-order valence-electron chi connectivity index (χ0n) is 18.3. The maximum absolute atomic E-state index is 12.7. The van der Waals surface area contributed by atoms with E-state index in [-0.39, 0.29) is 43.4 Å². The molecule has 0 aliphatic carbocycles. The molecule has 0 unspecified atom stereocenters. The third-order valence-electron chi connectivity index (χ3n) is 4.48. The highest BCUT2D eigenvalue weighted by molar-refractivity contribution is 5.99. The Morgan fingerprint density at radius 3 is 2.45 bits per heavy atom. The summed E-state index contributed by atoms with van der Waals surface area (Å²) in [5.74, 6) is -1.38.